The first-order chi connectivity index (χ1) is 11.5. The Morgan fingerprint density at radius 1 is 0.917 bits per heavy atom. The Bertz CT molecular complexity index is 656. The predicted molar refractivity (Wildman–Crippen MR) is 90.2 cm³/mol. The van der Waals surface area contributed by atoms with Crippen molar-refractivity contribution in [3.8, 4) is 0 Å². The van der Waals surface area contributed by atoms with E-state index in [-0.39, 0.29) is 28.8 Å². The van der Waals surface area contributed by atoms with E-state index < -0.39 is 10.0 Å². The molecule has 0 spiro atoms. The molecule has 0 bridgehead atoms. The van der Waals surface area contributed by atoms with E-state index in [9.17, 15) is 13.2 Å². The molecule has 7 heteroatoms. The van der Waals surface area contributed by atoms with Crippen LogP contribution in [0.5, 0.6) is 0 Å². The number of hydrogen-bond acceptors (Lipinski definition) is 4. The fourth-order valence-electron chi connectivity index (χ4n) is 3.59. The molecule has 1 aromatic rings. The molecule has 1 heterocycles. The zero-order chi connectivity index (χ0) is 17.0. The van der Waals surface area contributed by atoms with Gasteiger partial charge in [0, 0.05) is 12.1 Å². The number of amides is 1. The lowest BCUT2D eigenvalue weighted by Crippen LogP contribution is -2.36. The Kier molecular flexibility index (Phi) is 5.61. The summed E-state index contributed by atoms with van der Waals surface area (Å²) >= 11 is 0. The lowest BCUT2D eigenvalue weighted by Gasteiger charge is -2.22. The number of hydrogen-bond donors (Lipinski definition) is 2. The Labute approximate surface area is 143 Å². The lowest BCUT2D eigenvalue weighted by atomic mass is 9.95. The minimum absolute atomic E-state index is 0.0339. The molecule has 0 radical (unpaired) electrons. The molecule has 0 unspecified atom stereocenters. The number of furan rings is 1. The highest BCUT2D eigenvalue weighted by molar-refractivity contribution is 7.89. The molecule has 2 fully saturated rings. The van der Waals surface area contributed by atoms with Gasteiger partial charge in [0.25, 0.3) is 15.9 Å². The molecule has 0 aliphatic heterocycles. The predicted octanol–water partition coefficient (Wildman–Crippen LogP) is 2.95. The van der Waals surface area contributed by atoms with Crippen LogP contribution in [0.1, 0.15) is 74.8 Å². The van der Waals surface area contributed by atoms with Crippen molar-refractivity contribution in [2.75, 3.05) is 0 Å². The highest BCUT2D eigenvalue weighted by Gasteiger charge is 2.26. The van der Waals surface area contributed by atoms with Crippen molar-refractivity contribution >= 4 is 15.9 Å². The molecule has 134 valence electrons. The van der Waals surface area contributed by atoms with E-state index in [1.54, 1.807) is 0 Å². The van der Waals surface area contributed by atoms with Crippen LogP contribution in [-0.2, 0) is 10.0 Å². The molecule has 1 amide bonds. The summed E-state index contributed by atoms with van der Waals surface area (Å²) in [5, 5.41) is 2.75. The average Bonchev–Trinajstić information content (AvgIpc) is 3.07. The van der Waals surface area contributed by atoms with Crippen molar-refractivity contribution in [1.82, 2.24) is 10.0 Å². The largest absolute Gasteiger partial charge is 0.438 e. The van der Waals surface area contributed by atoms with Crippen molar-refractivity contribution < 1.29 is 17.6 Å². The second-order valence-corrected chi connectivity index (χ2v) is 8.53. The van der Waals surface area contributed by atoms with E-state index >= 15 is 0 Å². The first-order valence-corrected chi connectivity index (χ1v) is 10.5. The third kappa shape index (κ3) is 4.39. The Balaban J connectivity index is 1.61. The van der Waals surface area contributed by atoms with E-state index in [1.807, 2.05) is 0 Å². The molecule has 3 rings (SSSR count). The maximum atomic E-state index is 12.4. The molecule has 6 nitrogen and oxygen atoms in total. The van der Waals surface area contributed by atoms with Crippen LogP contribution in [0, 0.1) is 0 Å². The number of nitrogens with one attached hydrogen (secondary N) is 2. The fraction of sp³-hybridized carbons (Fsp3) is 0.706. The SMILES string of the molecule is O=C(NC1CCCCC1)c1ccc(S(=O)(=O)NC2CCCCC2)o1. The molecule has 0 aromatic carbocycles. The maximum Gasteiger partial charge on any atom is 0.287 e. The first-order valence-electron chi connectivity index (χ1n) is 8.97. The minimum atomic E-state index is -3.70. The third-order valence-corrected chi connectivity index (χ3v) is 6.33. The van der Waals surface area contributed by atoms with Gasteiger partial charge in [-0.25, -0.2) is 13.1 Å². The summed E-state index contributed by atoms with van der Waals surface area (Å²) in [5.74, 6) is -0.273. The van der Waals surface area contributed by atoms with Gasteiger partial charge in [-0.15, -0.1) is 0 Å². The van der Waals surface area contributed by atoms with Crippen LogP contribution < -0.4 is 10.0 Å². The number of carbonyl (C=O) groups excluding carboxylic acids is 1. The van der Waals surface area contributed by atoms with Gasteiger partial charge in [0.1, 0.15) is 0 Å². The van der Waals surface area contributed by atoms with E-state index in [4.69, 9.17) is 4.42 Å². The summed E-state index contributed by atoms with van der Waals surface area (Å²) in [5.41, 5.74) is 0. The van der Waals surface area contributed by atoms with Gasteiger partial charge in [0.05, 0.1) is 0 Å². The van der Waals surface area contributed by atoms with Crippen molar-refractivity contribution in [3.05, 3.63) is 17.9 Å². The van der Waals surface area contributed by atoms with Gasteiger partial charge in [0.15, 0.2) is 5.76 Å². The summed E-state index contributed by atoms with van der Waals surface area (Å²) in [6.07, 6.45) is 10.3. The zero-order valence-corrected chi connectivity index (χ0v) is 14.7. The second kappa shape index (κ2) is 7.70. The monoisotopic (exact) mass is 354 g/mol. The van der Waals surface area contributed by atoms with E-state index in [2.05, 4.69) is 10.0 Å². The van der Waals surface area contributed by atoms with E-state index in [0.29, 0.717) is 0 Å². The number of rotatable bonds is 5. The number of carbonyl (C=O) groups is 1. The molecular formula is C17H26N2O4S. The molecule has 2 aliphatic carbocycles. The molecule has 0 atom stereocenters. The highest BCUT2D eigenvalue weighted by Crippen LogP contribution is 2.22. The number of sulfonamides is 1. The van der Waals surface area contributed by atoms with E-state index in [0.717, 1.165) is 57.8 Å². The Hall–Kier alpha value is -1.34. The van der Waals surface area contributed by atoms with Crippen LogP contribution in [0.4, 0.5) is 0 Å². The molecule has 2 N–H and O–H groups in total. The highest BCUT2D eigenvalue weighted by atomic mass is 32.2. The topological polar surface area (TPSA) is 88.4 Å². The van der Waals surface area contributed by atoms with Gasteiger partial charge in [-0.1, -0.05) is 38.5 Å². The summed E-state index contributed by atoms with van der Waals surface area (Å²) in [6.45, 7) is 0. The Morgan fingerprint density at radius 2 is 1.50 bits per heavy atom. The molecule has 2 aliphatic rings. The molecule has 0 saturated heterocycles. The van der Waals surface area contributed by atoms with Crippen LogP contribution >= 0.6 is 0 Å². The second-order valence-electron chi connectivity index (χ2n) is 6.88. The van der Waals surface area contributed by atoms with Crippen molar-refractivity contribution in [2.24, 2.45) is 0 Å². The quantitative estimate of drug-likeness (QED) is 0.851. The molecule has 1 aromatic heterocycles. The normalized spacial score (nSPS) is 20.8. The van der Waals surface area contributed by atoms with Crippen molar-refractivity contribution in [3.63, 3.8) is 0 Å². The average molecular weight is 354 g/mol. The zero-order valence-electron chi connectivity index (χ0n) is 13.9. The van der Waals surface area contributed by atoms with Gasteiger partial charge in [-0.2, -0.15) is 0 Å². The summed E-state index contributed by atoms with van der Waals surface area (Å²) < 4.78 is 32.8. The van der Waals surface area contributed by atoms with Gasteiger partial charge >= 0.3 is 0 Å². The summed E-state index contributed by atoms with van der Waals surface area (Å²) in [6, 6.07) is 2.93. The van der Waals surface area contributed by atoms with Crippen LogP contribution in [0.15, 0.2) is 21.6 Å². The standard InChI is InChI=1S/C17H26N2O4S/c20-17(18-13-7-3-1-4-8-13)15-11-12-16(23-15)24(21,22)19-14-9-5-2-6-10-14/h11-14,19H,1-10H2,(H,18,20). The molecule has 2 saturated carbocycles. The smallest absolute Gasteiger partial charge is 0.287 e. The first kappa shape index (κ1) is 17.5. The van der Waals surface area contributed by atoms with Crippen LogP contribution in [0.3, 0.4) is 0 Å². The van der Waals surface area contributed by atoms with Gasteiger partial charge < -0.3 is 9.73 Å². The van der Waals surface area contributed by atoms with Crippen LogP contribution in [0.25, 0.3) is 0 Å². The van der Waals surface area contributed by atoms with Crippen LogP contribution in [-0.4, -0.2) is 26.4 Å². The molecule has 24 heavy (non-hydrogen) atoms. The van der Waals surface area contributed by atoms with Crippen molar-refractivity contribution in [2.45, 2.75) is 81.4 Å². The Morgan fingerprint density at radius 3 is 2.12 bits per heavy atom. The molecular weight excluding hydrogens is 328 g/mol. The van der Waals surface area contributed by atoms with Crippen LogP contribution in [0.2, 0.25) is 0 Å². The van der Waals surface area contributed by atoms with Gasteiger partial charge in [0.2, 0.25) is 5.09 Å². The fourth-order valence-corrected chi connectivity index (χ4v) is 4.83. The summed E-state index contributed by atoms with van der Waals surface area (Å²) in [7, 11) is -3.70. The summed E-state index contributed by atoms with van der Waals surface area (Å²) in [4.78, 5) is 12.2. The van der Waals surface area contributed by atoms with Crippen molar-refractivity contribution in [1.29, 1.82) is 0 Å². The maximum absolute atomic E-state index is 12.4. The lowest BCUT2D eigenvalue weighted by molar-refractivity contribution is 0.0894. The minimum Gasteiger partial charge on any atom is -0.438 e. The van der Waals surface area contributed by atoms with Gasteiger partial charge in [-0.3, -0.25) is 4.79 Å². The van der Waals surface area contributed by atoms with E-state index in [1.165, 1.54) is 18.6 Å². The third-order valence-electron chi connectivity index (χ3n) is 4.94. The van der Waals surface area contributed by atoms with Gasteiger partial charge in [-0.05, 0) is 37.8 Å².